The fourth-order valence-corrected chi connectivity index (χ4v) is 0.969. The minimum absolute atomic E-state index is 0.423. The van der Waals surface area contributed by atoms with Crippen LogP contribution in [-0.4, -0.2) is 29.1 Å². The fraction of sp³-hybridized carbons (Fsp3) is 0.778. The van der Waals surface area contributed by atoms with E-state index in [-0.39, 0.29) is 0 Å². The number of carbonyl (C=O) groups is 2. The Kier molecular flexibility index (Phi) is 5.87. The van der Waals surface area contributed by atoms with Crippen LogP contribution in [0.15, 0.2) is 0 Å². The van der Waals surface area contributed by atoms with Gasteiger partial charge in [0.25, 0.3) is 0 Å². The van der Waals surface area contributed by atoms with Crippen LogP contribution >= 0.6 is 0 Å². The van der Waals surface area contributed by atoms with Gasteiger partial charge in [0.1, 0.15) is 6.04 Å². The molecule has 0 saturated heterocycles. The number of hydrogen-bond acceptors (Lipinski definition) is 3. The lowest BCUT2D eigenvalue weighted by molar-refractivity contribution is -0.142. The first-order chi connectivity index (χ1) is 6.49. The van der Waals surface area contributed by atoms with Crippen molar-refractivity contribution >= 4 is 11.9 Å². The SMILES string of the molecule is CCCC[C@H](NC(=O)[C@H](C)N)C(=O)O. The van der Waals surface area contributed by atoms with Gasteiger partial charge in [-0.1, -0.05) is 19.8 Å². The molecular weight excluding hydrogens is 184 g/mol. The van der Waals surface area contributed by atoms with Gasteiger partial charge in [-0.3, -0.25) is 4.79 Å². The Morgan fingerprint density at radius 1 is 1.50 bits per heavy atom. The second-order valence-corrected chi connectivity index (χ2v) is 3.33. The Balaban J connectivity index is 4.09. The van der Waals surface area contributed by atoms with Gasteiger partial charge in [0.2, 0.25) is 5.91 Å². The lowest BCUT2D eigenvalue weighted by atomic mass is 10.1. The van der Waals surface area contributed by atoms with Gasteiger partial charge in [-0.15, -0.1) is 0 Å². The maximum absolute atomic E-state index is 11.1. The van der Waals surface area contributed by atoms with Crippen molar-refractivity contribution in [3.8, 4) is 0 Å². The number of aliphatic carboxylic acids is 1. The normalized spacial score (nSPS) is 14.5. The van der Waals surface area contributed by atoms with Crippen molar-refractivity contribution in [2.75, 3.05) is 0 Å². The smallest absolute Gasteiger partial charge is 0.326 e. The lowest BCUT2D eigenvalue weighted by Crippen LogP contribution is -2.47. The first kappa shape index (κ1) is 12.9. The predicted octanol–water partition coefficient (Wildman–Crippen LogP) is 0.0932. The van der Waals surface area contributed by atoms with E-state index in [1.807, 2.05) is 6.92 Å². The molecule has 0 aromatic heterocycles. The Morgan fingerprint density at radius 2 is 2.07 bits per heavy atom. The van der Waals surface area contributed by atoms with E-state index in [2.05, 4.69) is 5.32 Å². The summed E-state index contributed by atoms with van der Waals surface area (Å²) in [6.45, 7) is 3.49. The van der Waals surface area contributed by atoms with Gasteiger partial charge in [-0.25, -0.2) is 4.79 Å². The molecule has 5 heteroatoms. The van der Waals surface area contributed by atoms with Crippen molar-refractivity contribution in [1.82, 2.24) is 5.32 Å². The third-order valence-electron chi connectivity index (χ3n) is 1.87. The molecule has 0 fully saturated rings. The van der Waals surface area contributed by atoms with Gasteiger partial charge < -0.3 is 16.2 Å². The first-order valence-corrected chi connectivity index (χ1v) is 4.77. The number of nitrogens with two attached hydrogens (primary N) is 1. The summed E-state index contributed by atoms with van der Waals surface area (Å²) in [6, 6.07) is -1.48. The molecule has 5 nitrogen and oxygen atoms in total. The molecule has 0 aliphatic heterocycles. The van der Waals surface area contributed by atoms with Crippen LogP contribution in [0, 0.1) is 0 Å². The maximum Gasteiger partial charge on any atom is 0.326 e. The second-order valence-electron chi connectivity index (χ2n) is 3.33. The van der Waals surface area contributed by atoms with Crippen LogP contribution in [-0.2, 0) is 9.59 Å². The monoisotopic (exact) mass is 202 g/mol. The molecule has 14 heavy (non-hydrogen) atoms. The average Bonchev–Trinajstić information content (AvgIpc) is 2.10. The quantitative estimate of drug-likeness (QED) is 0.569. The Hall–Kier alpha value is -1.10. The zero-order valence-electron chi connectivity index (χ0n) is 8.62. The molecule has 0 aliphatic carbocycles. The van der Waals surface area contributed by atoms with Crippen molar-refractivity contribution in [2.45, 2.75) is 45.2 Å². The number of nitrogens with one attached hydrogen (secondary N) is 1. The van der Waals surface area contributed by atoms with E-state index in [0.717, 1.165) is 12.8 Å². The van der Waals surface area contributed by atoms with E-state index in [9.17, 15) is 9.59 Å². The van der Waals surface area contributed by atoms with Gasteiger partial charge in [0.15, 0.2) is 0 Å². The molecule has 2 atom stereocenters. The van der Waals surface area contributed by atoms with Crippen molar-refractivity contribution in [1.29, 1.82) is 0 Å². The van der Waals surface area contributed by atoms with E-state index in [4.69, 9.17) is 10.8 Å². The summed E-state index contributed by atoms with van der Waals surface area (Å²) in [5, 5.41) is 11.2. The molecule has 0 aliphatic rings. The molecule has 0 aromatic rings. The van der Waals surface area contributed by atoms with Crippen molar-refractivity contribution in [2.24, 2.45) is 5.73 Å². The molecular formula is C9H18N2O3. The van der Waals surface area contributed by atoms with E-state index >= 15 is 0 Å². The predicted molar refractivity (Wildman–Crippen MR) is 52.7 cm³/mol. The molecule has 1 amide bonds. The van der Waals surface area contributed by atoms with E-state index in [1.54, 1.807) is 0 Å². The first-order valence-electron chi connectivity index (χ1n) is 4.77. The zero-order chi connectivity index (χ0) is 11.1. The van der Waals surface area contributed by atoms with Gasteiger partial charge in [0, 0.05) is 0 Å². The van der Waals surface area contributed by atoms with Crippen LogP contribution in [0.1, 0.15) is 33.1 Å². The van der Waals surface area contributed by atoms with Gasteiger partial charge in [-0.2, -0.15) is 0 Å². The summed E-state index contributed by atoms with van der Waals surface area (Å²) >= 11 is 0. The number of rotatable bonds is 6. The van der Waals surface area contributed by atoms with Crippen LogP contribution in [0.5, 0.6) is 0 Å². The van der Waals surface area contributed by atoms with Crippen LogP contribution in [0.3, 0.4) is 0 Å². The highest BCUT2D eigenvalue weighted by Crippen LogP contribution is 2.00. The standard InChI is InChI=1S/C9H18N2O3/c1-3-4-5-7(9(13)14)11-8(12)6(2)10/h6-7H,3-5,10H2,1-2H3,(H,11,12)(H,13,14)/t6-,7-/m0/s1. The molecule has 0 radical (unpaired) electrons. The molecule has 4 N–H and O–H groups in total. The van der Waals surface area contributed by atoms with E-state index in [1.165, 1.54) is 6.92 Å². The average molecular weight is 202 g/mol. The molecule has 0 bridgehead atoms. The topological polar surface area (TPSA) is 92.4 Å². The minimum Gasteiger partial charge on any atom is -0.480 e. The maximum atomic E-state index is 11.1. The zero-order valence-corrected chi connectivity index (χ0v) is 8.62. The third-order valence-corrected chi connectivity index (χ3v) is 1.87. The number of amides is 1. The van der Waals surface area contributed by atoms with Gasteiger partial charge >= 0.3 is 5.97 Å². The van der Waals surface area contributed by atoms with Crippen molar-refractivity contribution in [3.05, 3.63) is 0 Å². The number of carboxylic acids is 1. The number of unbranched alkanes of at least 4 members (excludes halogenated alkanes) is 1. The Morgan fingerprint density at radius 3 is 2.43 bits per heavy atom. The summed E-state index contributed by atoms with van der Waals surface area (Å²) < 4.78 is 0. The van der Waals surface area contributed by atoms with Crippen molar-refractivity contribution < 1.29 is 14.7 Å². The summed E-state index contributed by atoms with van der Waals surface area (Å²) in [4.78, 5) is 21.8. The van der Waals surface area contributed by atoms with Gasteiger partial charge in [-0.05, 0) is 13.3 Å². The van der Waals surface area contributed by atoms with E-state index in [0.29, 0.717) is 6.42 Å². The van der Waals surface area contributed by atoms with Crippen molar-refractivity contribution in [3.63, 3.8) is 0 Å². The fourth-order valence-electron chi connectivity index (χ4n) is 0.969. The highest BCUT2D eigenvalue weighted by atomic mass is 16.4. The van der Waals surface area contributed by atoms with Crippen LogP contribution in [0.2, 0.25) is 0 Å². The minimum atomic E-state index is -1.01. The molecule has 0 spiro atoms. The molecule has 0 heterocycles. The summed E-state index contributed by atoms with van der Waals surface area (Å²) in [5.41, 5.74) is 5.31. The summed E-state index contributed by atoms with van der Waals surface area (Å²) in [5.74, 6) is -1.43. The largest absolute Gasteiger partial charge is 0.480 e. The number of hydrogen-bond donors (Lipinski definition) is 3. The Bertz CT molecular complexity index is 204. The summed E-state index contributed by atoms with van der Waals surface area (Å²) in [6.07, 6.45) is 2.12. The Labute approximate surface area is 83.7 Å². The summed E-state index contributed by atoms with van der Waals surface area (Å²) in [7, 11) is 0. The lowest BCUT2D eigenvalue weighted by Gasteiger charge is -2.15. The van der Waals surface area contributed by atoms with Crippen LogP contribution < -0.4 is 11.1 Å². The van der Waals surface area contributed by atoms with Crippen LogP contribution in [0.4, 0.5) is 0 Å². The molecule has 0 rings (SSSR count). The highest BCUT2D eigenvalue weighted by molar-refractivity contribution is 5.86. The number of carboxylic acid groups (broad SMARTS) is 1. The molecule has 82 valence electrons. The number of carbonyl (C=O) groups excluding carboxylic acids is 1. The van der Waals surface area contributed by atoms with E-state index < -0.39 is 24.0 Å². The molecule has 0 aromatic carbocycles. The molecule has 0 saturated carbocycles. The highest BCUT2D eigenvalue weighted by Gasteiger charge is 2.20. The second kappa shape index (κ2) is 6.37. The molecule has 0 unspecified atom stereocenters. The third kappa shape index (κ3) is 4.81. The van der Waals surface area contributed by atoms with Gasteiger partial charge in [0.05, 0.1) is 6.04 Å². The van der Waals surface area contributed by atoms with Crippen LogP contribution in [0.25, 0.3) is 0 Å².